The molecule has 1 saturated heterocycles. The molecule has 86 valence electrons. The summed E-state index contributed by atoms with van der Waals surface area (Å²) in [7, 11) is 0. The number of carbonyl (C=O) groups is 1. The summed E-state index contributed by atoms with van der Waals surface area (Å²) in [6, 6.07) is 4.33. The van der Waals surface area contributed by atoms with E-state index in [1.807, 2.05) is 0 Å². The third-order valence-corrected chi connectivity index (χ3v) is 2.98. The minimum Gasteiger partial charge on any atom is -0.348 e. The Kier molecular flexibility index (Phi) is 3.56. The second-order valence-corrected chi connectivity index (χ2v) is 4.74. The van der Waals surface area contributed by atoms with E-state index in [0.29, 0.717) is 10.0 Å². The lowest BCUT2D eigenvalue weighted by Gasteiger charge is -2.11. The lowest BCUT2D eigenvalue weighted by molar-refractivity contribution is 0.0939. The Hall–Kier alpha value is -0.940. The molecule has 0 aromatic heterocycles. The number of carbonyl (C=O) groups excluding carboxylic acids is 1. The Morgan fingerprint density at radius 1 is 1.50 bits per heavy atom. The average Bonchev–Trinajstić information content (AvgIpc) is 2.68. The maximum atomic E-state index is 13.1. The fraction of sp³-hybridized carbons (Fsp3) is 0.364. The highest BCUT2D eigenvalue weighted by atomic mass is 79.9. The lowest BCUT2D eigenvalue weighted by atomic mass is 10.2. The van der Waals surface area contributed by atoms with Crippen LogP contribution in [0.3, 0.4) is 0 Å². The molecule has 0 bridgehead atoms. The summed E-state index contributed by atoms with van der Waals surface area (Å²) < 4.78 is 13.7. The van der Waals surface area contributed by atoms with Gasteiger partial charge in [0.2, 0.25) is 0 Å². The quantitative estimate of drug-likeness (QED) is 0.869. The summed E-state index contributed by atoms with van der Waals surface area (Å²) in [5, 5.41) is 6.01. The number of amides is 1. The zero-order valence-electron chi connectivity index (χ0n) is 8.59. The van der Waals surface area contributed by atoms with Gasteiger partial charge in [0.25, 0.3) is 5.91 Å². The van der Waals surface area contributed by atoms with Crippen LogP contribution in [0.5, 0.6) is 0 Å². The van der Waals surface area contributed by atoms with Gasteiger partial charge in [0.05, 0.1) is 0 Å². The van der Waals surface area contributed by atoms with Crippen molar-refractivity contribution in [3.63, 3.8) is 0 Å². The van der Waals surface area contributed by atoms with Crippen LogP contribution in [0.1, 0.15) is 16.8 Å². The van der Waals surface area contributed by atoms with E-state index in [9.17, 15) is 9.18 Å². The molecule has 1 amide bonds. The molecule has 1 unspecified atom stereocenters. The molecule has 1 aromatic carbocycles. The molecule has 2 N–H and O–H groups in total. The van der Waals surface area contributed by atoms with E-state index >= 15 is 0 Å². The normalized spacial score (nSPS) is 19.8. The van der Waals surface area contributed by atoms with Gasteiger partial charge in [0, 0.05) is 22.6 Å². The van der Waals surface area contributed by atoms with Crippen molar-refractivity contribution in [1.29, 1.82) is 0 Å². The fourth-order valence-electron chi connectivity index (χ4n) is 1.73. The Labute approximate surface area is 102 Å². The first-order valence-electron chi connectivity index (χ1n) is 5.13. The number of hydrogen-bond acceptors (Lipinski definition) is 2. The van der Waals surface area contributed by atoms with Crippen LogP contribution in [0.15, 0.2) is 22.7 Å². The molecule has 0 aliphatic carbocycles. The molecule has 1 aliphatic heterocycles. The Morgan fingerprint density at radius 2 is 2.31 bits per heavy atom. The Balaban J connectivity index is 2.07. The molecule has 1 heterocycles. The van der Waals surface area contributed by atoms with E-state index in [2.05, 4.69) is 26.6 Å². The van der Waals surface area contributed by atoms with Gasteiger partial charge < -0.3 is 10.6 Å². The molecular formula is C11H12BrFN2O. The predicted molar refractivity (Wildman–Crippen MR) is 62.8 cm³/mol. The van der Waals surface area contributed by atoms with Gasteiger partial charge in [-0.05, 0) is 31.2 Å². The summed E-state index contributed by atoms with van der Waals surface area (Å²) in [4.78, 5) is 11.8. The van der Waals surface area contributed by atoms with E-state index in [-0.39, 0.29) is 11.9 Å². The molecular weight excluding hydrogens is 275 g/mol. The van der Waals surface area contributed by atoms with Gasteiger partial charge in [-0.25, -0.2) is 4.39 Å². The maximum Gasteiger partial charge on any atom is 0.251 e. The molecule has 3 nitrogen and oxygen atoms in total. The molecule has 1 aromatic rings. The summed E-state index contributed by atoms with van der Waals surface area (Å²) in [6.45, 7) is 1.69. The van der Waals surface area contributed by atoms with Crippen LogP contribution in [0, 0.1) is 5.82 Å². The van der Waals surface area contributed by atoms with E-state index < -0.39 is 5.82 Å². The van der Waals surface area contributed by atoms with Crippen LogP contribution in [-0.4, -0.2) is 25.0 Å². The standard InChI is InChI=1S/C11H12BrFN2O/c12-8-3-7(4-9(13)5-8)11(16)15-10-1-2-14-6-10/h3-5,10,14H,1-2,6H2,(H,15,16). The highest BCUT2D eigenvalue weighted by Gasteiger charge is 2.17. The second kappa shape index (κ2) is 4.93. The summed E-state index contributed by atoms with van der Waals surface area (Å²) in [5.41, 5.74) is 0.346. The molecule has 0 saturated carbocycles. The Morgan fingerprint density at radius 3 is 2.94 bits per heavy atom. The minimum absolute atomic E-state index is 0.148. The van der Waals surface area contributed by atoms with Crippen molar-refractivity contribution in [2.75, 3.05) is 13.1 Å². The second-order valence-electron chi connectivity index (χ2n) is 3.82. The SMILES string of the molecule is O=C(NC1CCNC1)c1cc(F)cc(Br)c1. The average molecular weight is 287 g/mol. The summed E-state index contributed by atoms with van der Waals surface area (Å²) in [5.74, 6) is -0.641. The lowest BCUT2D eigenvalue weighted by Crippen LogP contribution is -2.36. The minimum atomic E-state index is -0.413. The smallest absolute Gasteiger partial charge is 0.251 e. The third-order valence-electron chi connectivity index (χ3n) is 2.52. The van der Waals surface area contributed by atoms with E-state index in [1.54, 1.807) is 6.07 Å². The van der Waals surface area contributed by atoms with Gasteiger partial charge in [-0.1, -0.05) is 15.9 Å². The van der Waals surface area contributed by atoms with Gasteiger partial charge in [-0.2, -0.15) is 0 Å². The van der Waals surface area contributed by atoms with Gasteiger partial charge in [-0.15, -0.1) is 0 Å². The Bertz CT molecular complexity index is 385. The molecule has 1 atom stereocenters. The number of hydrogen-bond donors (Lipinski definition) is 2. The maximum absolute atomic E-state index is 13.1. The van der Waals surface area contributed by atoms with Crippen LogP contribution in [0.25, 0.3) is 0 Å². The fourth-order valence-corrected chi connectivity index (χ4v) is 2.20. The molecule has 2 rings (SSSR count). The highest BCUT2D eigenvalue weighted by molar-refractivity contribution is 9.10. The van der Waals surface area contributed by atoms with E-state index in [1.165, 1.54) is 12.1 Å². The van der Waals surface area contributed by atoms with Gasteiger partial charge in [0.15, 0.2) is 0 Å². The molecule has 0 radical (unpaired) electrons. The summed E-state index contributed by atoms with van der Waals surface area (Å²) in [6.07, 6.45) is 0.919. The topological polar surface area (TPSA) is 41.1 Å². The van der Waals surface area contributed by atoms with Crippen molar-refractivity contribution < 1.29 is 9.18 Å². The van der Waals surface area contributed by atoms with E-state index in [4.69, 9.17) is 0 Å². The summed E-state index contributed by atoms with van der Waals surface area (Å²) >= 11 is 3.16. The number of nitrogens with one attached hydrogen (secondary N) is 2. The van der Waals surface area contributed by atoms with Crippen LogP contribution in [0.2, 0.25) is 0 Å². The monoisotopic (exact) mass is 286 g/mol. The molecule has 1 aliphatic rings. The van der Waals surface area contributed by atoms with Gasteiger partial charge in [-0.3, -0.25) is 4.79 Å². The van der Waals surface area contributed by atoms with E-state index in [0.717, 1.165) is 19.5 Å². The highest BCUT2D eigenvalue weighted by Crippen LogP contribution is 2.15. The van der Waals surface area contributed by atoms with Gasteiger partial charge in [0.1, 0.15) is 5.82 Å². The van der Waals surface area contributed by atoms with Crippen molar-refractivity contribution in [1.82, 2.24) is 10.6 Å². The number of halogens is 2. The van der Waals surface area contributed by atoms with Crippen molar-refractivity contribution in [3.8, 4) is 0 Å². The zero-order chi connectivity index (χ0) is 11.5. The first-order valence-corrected chi connectivity index (χ1v) is 5.92. The third kappa shape index (κ3) is 2.80. The molecule has 0 spiro atoms. The largest absolute Gasteiger partial charge is 0.348 e. The first kappa shape index (κ1) is 11.5. The predicted octanol–water partition coefficient (Wildman–Crippen LogP) is 1.68. The zero-order valence-corrected chi connectivity index (χ0v) is 10.2. The molecule has 5 heteroatoms. The molecule has 16 heavy (non-hydrogen) atoms. The van der Waals surface area contributed by atoms with Crippen LogP contribution < -0.4 is 10.6 Å². The van der Waals surface area contributed by atoms with Gasteiger partial charge >= 0.3 is 0 Å². The number of benzene rings is 1. The molecule has 1 fully saturated rings. The first-order chi connectivity index (χ1) is 7.65. The van der Waals surface area contributed by atoms with Crippen LogP contribution in [-0.2, 0) is 0 Å². The van der Waals surface area contributed by atoms with Crippen molar-refractivity contribution in [2.24, 2.45) is 0 Å². The van der Waals surface area contributed by atoms with Crippen LogP contribution >= 0.6 is 15.9 Å². The van der Waals surface area contributed by atoms with Crippen molar-refractivity contribution >= 4 is 21.8 Å². The van der Waals surface area contributed by atoms with Crippen LogP contribution in [0.4, 0.5) is 4.39 Å². The van der Waals surface area contributed by atoms with Crippen molar-refractivity contribution in [2.45, 2.75) is 12.5 Å². The number of rotatable bonds is 2. The van der Waals surface area contributed by atoms with Crippen molar-refractivity contribution in [3.05, 3.63) is 34.1 Å².